The van der Waals surface area contributed by atoms with Gasteiger partial charge in [0.05, 0.1) is 6.10 Å². The van der Waals surface area contributed by atoms with Crippen LogP contribution in [0.2, 0.25) is 0 Å². The van der Waals surface area contributed by atoms with Crippen molar-refractivity contribution in [3.63, 3.8) is 0 Å². The van der Waals surface area contributed by atoms with Gasteiger partial charge in [-0.2, -0.15) is 0 Å². The highest BCUT2D eigenvalue weighted by Crippen LogP contribution is 2.03. The number of aliphatic hydroxyl groups is 2. The first-order valence-electron chi connectivity index (χ1n) is 4.73. The highest BCUT2D eigenvalue weighted by molar-refractivity contribution is 4.65. The van der Waals surface area contributed by atoms with E-state index in [4.69, 9.17) is 5.11 Å². The molecule has 2 N–H and O–H groups in total. The van der Waals surface area contributed by atoms with Gasteiger partial charge in [0.15, 0.2) is 0 Å². The van der Waals surface area contributed by atoms with Crippen molar-refractivity contribution in [2.24, 2.45) is 0 Å². The third-order valence-corrected chi connectivity index (χ3v) is 1.83. The van der Waals surface area contributed by atoms with Crippen LogP contribution in [0.25, 0.3) is 0 Å². The number of hydrogen-bond acceptors (Lipinski definition) is 3. The van der Waals surface area contributed by atoms with Crippen LogP contribution in [0, 0.1) is 0 Å². The van der Waals surface area contributed by atoms with Gasteiger partial charge in [-0.15, -0.1) is 0 Å². The summed E-state index contributed by atoms with van der Waals surface area (Å²) in [5.74, 6) is 0. The zero-order valence-corrected chi connectivity index (χ0v) is 8.32. The van der Waals surface area contributed by atoms with E-state index in [0.717, 1.165) is 25.9 Å². The molecule has 0 radical (unpaired) electrons. The molecule has 0 bridgehead atoms. The minimum atomic E-state index is -0.704. The fourth-order valence-corrected chi connectivity index (χ4v) is 1.26. The maximum Gasteiger partial charge on any atom is 0.133 e. The molecule has 0 rings (SSSR count). The van der Waals surface area contributed by atoms with Gasteiger partial charge in [0.25, 0.3) is 0 Å². The van der Waals surface area contributed by atoms with Gasteiger partial charge >= 0.3 is 0 Å². The van der Waals surface area contributed by atoms with Crippen molar-refractivity contribution in [2.75, 3.05) is 13.1 Å². The van der Waals surface area contributed by atoms with Gasteiger partial charge in [0, 0.05) is 13.1 Å². The molecule has 0 saturated carbocycles. The van der Waals surface area contributed by atoms with Crippen molar-refractivity contribution >= 4 is 0 Å². The number of aliphatic hydroxyl groups excluding tert-OH is 2. The quantitative estimate of drug-likeness (QED) is 0.587. The molecule has 0 amide bonds. The van der Waals surface area contributed by atoms with Gasteiger partial charge in [-0.3, -0.25) is 4.90 Å². The molecule has 74 valence electrons. The molecule has 12 heavy (non-hydrogen) atoms. The summed E-state index contributed by atoms with van der Waals surface area (Å²) in [6.07, 6.45) is 0.640. The fraction of sp³-hybridized carbons (Fsp3) is 1.00. The molecule has 0 spiro atoms. The SMILES string of the molecule is CCCN(CCC)C(O)C(C)O. The third kappa shape index (κ3) is 4.04. The minimum Gasteiger partial charge on any atom is -0.389 e. The molecular weight excluding hydrogens is 154 g/mol. The van der Waals surface area contributed by atoms with Crippen LogP contribution in [-0.4, -0.2) is 40.5 Å². The van der Waals surface area contributed by atoms with E-state index in [2.05, 4.69) is 13.8 Å². The second kappa shape index (κ2) is 6.40. The lowest BCUT2D eigenvalue weighted by atomic mass is 10.2. The van der Waals surface area contributed by atoms with E-state index in [1.807, 2.05) is 4.90 Å². The molecule has 0 fully saturated rings. The Morgan fingerprint density at radius 3 is 1.75 bits per heavy atom. The summed E-state index contributed by atoms with van der Waals surface area (Å²) in [6.45, 7) is 7.44. The number of nitrogens with zero attached hydrogens (tertiary/aromatic N) is 1. The van der Waals surface area contributed by atoms with Crippen molar-refractivity contribution in [1.29, 1.82) is 0 Å². The highest BCUT2D eigenvalue weighted by atomic mass is 16.3. The number of hydrogen-bond donors (Lipinski definition) is 2. The first-order chi connectivity index (χ1) is 5.63. The van der Waals surface area contributed by atoms with Gasteiger partial charge in [0.1, 0.15) is 6.23 Å². The molecule has 0 aliphatic heterocycles. The summed E-state index contributed by atoms with van der Waals surface area (Å²) >= 11 is 0. The Bertz CT molecular complexity index is 101. The van der Waals surface area contributed by atoms with Crippen LogP contribution in [0.15, 0.2) is 0 Å². The maximum atomic E-state index is 9.52. The van der Waals surface area contributed by atoms with E-state index in [1.165, 1.54) is 0 Å². The fourth-order valence-electron chi connectivity index (χ4n) is 1.26. The Balaban J connectivity index is 3.89. The van der Waals surface area contributed by atoms with Crippen LogP contribution in [-0.2, 0) is 0 Å². The third-order valence-electron chi connectivity index (χ3n) is 1.83. The predicted octanol–water partition coefficient (Wildman–Crippen LogP) is 0.808. The van der Waals surface area contributed by atoms with Gasteiger partial charge in [-0.05, 0) is 19.8 Å². The minimum absolute atomic E-state index is 0.664. The summed E-state index contributed by atoms with van der Waals surface area (Å²) in [5.41, 5.74) is 0. The zero-order chi connectivity index (χ0) is 9.56. The maximum absolute atomic E-state index is 9.52. The summed E-state index contributed by atoms with van der Waals surface area (Å²) in [5, 5.41) is 18.7. The van der Waals surface area contributed by atoms with E-state index < -0.39 is 12.3 Å². The number of rotatable bonds is 6. The van der Waals surface area contributed by atoms with Crippen LogP contribution in [0.5, 0.6) is 0 Å². The topological polar surface area (TPSA) is 43.7 Å². The normalized spacial score (nSPS) is 16.5. The van der Waals surface area contributed by atoms with E-state index >= 15 is 0 Å². The first kappa shape index (κ1) is 11.9. The molecule has 0 aromatic rings. The summed E-state index contributed by atoms with van der Waals surface area (Å²) in [7, 11) is 0. The first-order valence-corrected chi connectivity index (χ1v) is 4.73. The monoisotopic (exact) mass is 175 g/mol. The molecule has 3 heteroatoms. The molecule has 0 heterocycles. The van der Waals surface area contributed by atoms with Crippen molar-refractivity contribution in [2.45, 2.75) is 45.9 Å². The molecule has 0 aromatic carbocycles. The molecular formula is C9H21NO2. The Kier molecular flexibility index (Phi) is 6.34. The molecule has 0 aliphatic rings. The summed E-state index contributed by atoms with van der Waals surface area (Å²) in [6, 6.07) is 0. The Morgan fingerprint density at radius 2 is 1.50 bits per heavy atom. The average Bonchev–Trinajstić information content (AvgIpc) is 2.03. The molecule has 2 atom stereocenters. The lowest BCUT2D eigenvalue weighted by Gasteiger charge is -2.28. The van der Waals surface area contributed by atoms with Crippen molar-refractivity contribution in [3.05, 3.63) is 0 Å². The summed E-state index contributed by atoms with van der Waals surface area (Å²) in [4.78, 5) is 1.91. The van der Waals surface area contributed by atoms with Gasteiger partial charge in [-0.1, -0.05) is 13.8 Å². The van der Waals surface area contributed by atoms with Gasteiger partial charge < -0.3 is 10.2 Å². The Morgan fingerprint density at radius 1 is 1.08 bits per heavy atom. The lowest BCUT2D eigenvalue weighted by molar-refractivity contribution is -0.0755. The smallest absolute Gasteiger partial charge is 0.133 e. The van der Waals surface area contributed by atoms with Crippen molar-refractivity contribution < 1.29 is 10.2 Å². The zero-order valence-electron chi connectivity index (χ0n) is 8.32. The molecule has 2 unspecified atom stereocenters. The van der Waals surface area contributed by atoms with E-state index in [-0.39, 0.29) is 0 Å². The van der Waals surface area contributed by atoms with E-state index in [9.17, 15) is 5.11 Å². The largest absolute Gasteiger partial charge is 0.389 e. The standard InChI is InChI=1S/C9H21NO2/c1-4-6-10(7-5-2)9(12)8(3)11/h8-9,11-12H,4-7H2,1-3H3. The molecule has 0 aromatic heterocycles. The van der Waals surface area contributed by atoms with Crippen molar-refractivity contribution in [1.82, 2.24) is 4.90 Å². The second-order valence-corrected chi connectivity index (χ2v) is 3.19. The van der Waals surface area contributed by atoms with E-state index in [1.54, 1.807) is 6.92 Å². The molecule has 0 aliphatic carbocycles. The second-order valence-electron chi connectivity index (χ2n) is 3.19. The van der Waals surface area contributed by atoms with Crippen molar-refractivity contribution in [3.8, 4) is 0 Å². The van der Waals surface area contributed by atoms with Crippen LogP contribution in [0.3, 0.4) is 0 Å². The van der Waals surface area contributed by atoms with Crippen LogP contribution < -0.4 is 0 Å². The predicted molar refractivity (Wildman–Crippen MR) is 49.8 cm³/mol. The highest BCUT2D eigenvalue weighted by Gasteiger charge is 2.18. The van der Waals surface area contributed by atoms with Crippen LogP contribution in [0.4, 0.5) is 0 Å². The van der Waals surface area contributed by atoms with Crippen LogP contribution >= 0.6 is 0 Å². The molecule has 0 saturated heterocycles. The van der Waals surface area contributed by atoms with Gasteiger partial charge in [0.2, 0.25) is 0 Å². The van der Waals surface area contributed by atoms with Crippen LogP contribution in [0.1, 0.15) is 33.6 Å². The van der Waals surface area contributed by atoms with Gasteiger partial charge in [-0.25, -0.2) is 0 Å². The molecule has 3 nitrogen and oxygen atoms in total. The summed E-state index contributed by atoms with van der Waals surface area (Å²) < 4.78 is 0. The Labute approximate surface area is 75.0 Å². The lowest BCUT2D eigenvalue weighted by Crippen LogP contribution is -2.43. The average molecular weight is 175 g/mol. The Hall–Kier alpha value is -0.120. The van der Waals surface area contributed by atoms with E-state index in [0.29, 0.717) is 0 Å².